The lowest BCUT2D eigenvalue weighted by Gasteiger charge is -2.30. The summed E-state index contributed by atoms with van der Waals surface area (Å²) in [5, 5.41) is 9.39. The Kier molecular flexibility index (Phi) is 7.28. The molecule has 3 aromatic rings. The molecule has 0 heterocycles. The van der Waals surface area contributed by atoms with E-state index < -0.39 is 5.97 Å². The second-order valence-corrected chi connectivity index (χ2v) is 11.5. The van der Waals surface area contributed by atoms with Crippen LogP contribution >= 0.6 is 0 Å². The third-order valence-corrected chi connectivity index (χ3v) is 8.41. The SMILES string of the molecule is COc1cccc(-c2ccc(COc3cccc(C(CC(=O)O)C4CC4)c3)cc2C2CCCC2(C)C)c1. The predicted molar refractivity (Wildman–Crippen MR) is 147 cm³/mol. The number of carboxylic acids is 1. The van der Waals surface area contributed by atoms with Crippen molar-refractivity contribution in [3.63, 3.8) is 0 Å². The predicted octanol–water partition coefficient (Wildman–Crippen LogP) is 8.20. The second kappa shape index (κ2) is 10.6. The van der Waals surface area contributed by atoms with Crippen LogP contribution in [-0.2, 0) is 11.4 Å². The lowest BCUT2D eigenvalue weighted by atomic mass is 9.75. The fourth-order valence-electron chi connectivity index (χ4n) is 6.19. The Bertz CT molecular complexity index is 1260. The second-order valence-electron chi connectivity index (χ2n) is 11.5. The number of ether oxygens (including phenoxy) is 2. The van der Waals surface area contributed by atoms with Crippen molar-refractivity contribution in [2.24, 2.45) is 11.3 Å². The van der Waals surface area contributed by atoms with Crippen molar-refractivity contribution in [1.82, 2.24) is 0 Å². The highest BCUT2D eigenvalue weighted by Gasteiger charge is 2.37. The minimum atomic E-state index is -0.735. The van der Waals surface area contributed by atoms with E-state index in [2.05, 4.69) is 50.2 Å². The molecular weight excluding hydrogens is 460 g/mol. The van der Waals surface area contributed by atoms with E-state index in [0.717, 1.165) is 35.5 Å². The summed E-state index contributed by atoms with van der Waals surface area (Å²) in [6.45, 7) is 5.26. The molecule has 2 unspecified atom stereocenters. The van der Waals surface area contributed by atoms with Gasteiger partial charge >= 0.3 is 5.97 Å². The van der Waals surface area contributed by atoms with Gasteiger partial charge in [0.05, 0.1) is 13.5 Å². The van der Waals surface area contributed by atoms with Gasteiger partial charge in [0.1, 0.15) is 18.1 Å². The third-order valence-electron chi connectivity index (χ3n) is 8.41. The fraction of sp³-hybridized carbons (Fsp3) is 0.424. The Morgan fingerprint density at radius 1 is 1.00 bits per heavy atom. The molecule has 37 heavy (non-hydrogen) atoms. The monoisotopic (exact) mass is 498 g/mol. The van der Waals surface area contributed by atoms with Crippen LogP contribution in [0.1, 0.15) is 80.9 Å². The van der Waals surface area contributed by atoms with Crippen LogP contribution in [0.25, 0.3) is 11.1 Å². The van der Waals surface area contributed by atoms with Gasteiger partial charge in [0.15, 0.2) is 0 Å². The van der Waals surface area contributed by atoms with Crippen LogP contribution in [0.2, 0.25) is 0 Å². The maximum Gasteiger partial charge on any atom is 0.303 e. The molecule has 0 saturated heterocycles. The van der Waals surface area contributed by atoms with Gasteiger partial charge in [0.25, 0.3) is 0 Å². The first-order chi connectivity index (χ1) is 17.8. The summed E-state index contributed by atoms with van der Waals surface area (Å²) in [7, 11) is 1.71. The smallest absolute Gasteiger partial charge is 0.303 e. The minimum Gasteiger partial charge on any atom is -0.497 e. The van der Waals surface area contributed by atoms with Crippen molar-refractivity contribution in [2.45, 2.75) is 70.8 Å². The van der Waals surface area contributed by atoms with Crippen LogP contribution in [0, 0.1) is 11.3 Å². The Labute approximate surface area is 220 Å². The van der Waals surface area contributed by atoms with Gasteiger partial charge < -0.3 is 14.6 Å². The van der Waals surface area contributed by atoms with E-state index in [1.165, 1.54) is 36.0 Å². The highest BCUT2D eigenvalue weighted by atomic mass is 16.5. The van der Waals surface area contributed by atoms with E-state index in [-0.39, 0.29) is 17.8 Å². The van der Waals surface area contributed by atoms with Crippen LogP contribution in [0.3, 0.4) is 0 Å². The van der Waals surface area contributed by atoms with Crippen LogP contribution in [0.15, 0.2) is 66.7 Å². The topological polar surface area (TPSA) is 55.8 Å². The zero-order valence-electron chi connectivity index (χ0n) is 22.2. The molecule has 2 saturated carbocycles. The van der Waals surface area contributed by atoms with Gasteiger partial charge in [-0.15, -0.1) is 0 Å². The minimum absolute atomic E-state index is 0.0689. The van der Waals surface area contributed by atoms with E-state index in [0.29, 0.717) is 18.4 Å². The summed E-state index contributed by atoms with van der Waals surface area (Å²) in [5.74, 6) is 1.98. The normalized spacial score (nSPS) is 19.4. The summed E-state index contributed by atoms with van der Waals surface area (Å²) in [5.41, 5.74) is 6.32. The molecule has 4 heteroatoms. The van der Waals surface area contributed by atoms with Gasteiger partial charge in [-0.1, -0.05) is 62.7 Å². The number of aliphatic carboxylic acids is 1. The number of carbonyl (C=O) groups is 1. The van der Waals surface area contributed by atoms with E-state index in [4.69, 9.17) is 9.47 Å². The van der Waals surface area contributed by atoms with Gasteiger partial charge in [-0.2, -0.15) is 0 Å². The first kappa shape index (κ1) is 25.4. The van der Waals surface area contributed by atoms with Crippen molar-refractivity contribution >= 4 is 5.97 Å². The van der Waals surface area contributed by atoms with Crippen molar-refractivity contribution in [1.29, 1.82) is 0 Å². The number of benzene rings is 3. The molecule has 0 aliphatic heterocycles. The van der Waals surface area contributed by atoms with Gasteiger partial charge in [-0.3, -0.25) is 4.79 Å². The quantitative estimate of drug-likeness (QED) is 0.306. The molecule has 194 valence electrons. The van der Waals surface area contributed by atoms with Crippen LogP contribution < -0.4 is 9.47 Å². The summed E-state index contributed by atoms with van der Waals surface area (Å²) >= 11 is 0. The number of hydrogen-bond acceptors (Lipinski definition) is 3. The molecule has 5 rings (SSSR count). The molecule has 0 spiro atoms. The van der Waals surface area contributed by atoms with Crippen LogP contribution in [0.4, 0.5) is 0 Å². The van der Waals surface area contributed by atoms with Gasteiger partial charge in [-0.05, 0) is 101 Å². The Balaban J connectivity index is 1.40. The van der Waals surface area contributed by atoms with Crippen LogP contribution in [0.5, 0.6) is 11.5 Å². The molecule has 0 amide bonds. The summed E-state index contributed by atoms with van der Waals surface area (Å²) < 4.78 is 11.8. The Morgan fingerprint density at radius 2 is 1.78 bits per heavy atom. The summed E-state index contributed by atoms with van der Waals surface area (Å²) in [6.07, 6.45) is 6.09. The maximum absolute atomic E-state index is 11.4. The molecular formula is C33H38O4. The van der Waals surface area contributed by atoms with Crippen LogP contribution in [-0.4, -0.2) is 18.2 Å². The molecule has 2 atom stereocenters. The van der Waals surface area contributed by atoms with Gasteiger partial charge in [0, 0.05) is 0 Å². The molecule has 0 aromatic heterocycles. The lowest BCUT2D eigenvalue weighted by Crippen LogP contribution is -2.16. The molecule has 0 bridgehead atoms. The molecule has 3 aromatic carbocycles. The van der Waals surface area contributed by atoms with E-state index in [1.54, 1.807) is 7.11 Å². The van der Waals surface area contributed by atoms with E-state index in [1.807, 2.05) is 30.3 Å². The van der Waals surface area contributed by atoms with Crippen molar-refractivity contribution < 1.29 is 19.4 Å². The Morgan fingerprint density at radius 3 is 2.49 bits per heavy atom. The molecule has 2 aliphatic carbocycles. The number of methoxy groups -OCH3 is 1. The molecule has 2 aliphatic rings. The zero-order valence-corrected chi connectivity index (χ0v) is 22.2. The van der Waals surface area contributed by atoms with Crippen molar-refractivity contribution in [2.75, 3.05) is 7.11 Å². The van der Waals surface area contributed by atoms with E-state index >= 15 is 0 Å². The van der Waals surface area contributed by atoms with Gasteiger partial charge in [0.2, 0.25) is 0 Å². The maximum atomic E-state index is 11.4. The molecule has 0 radical (unpaired) electrons. The zero-order chi connectivity index (χ0) is 26.0. The van der Waals surface area contributed by atoms with Crippen molar-refractivity contribution in [3.05, 3.63) is 83.4 Å². The summed E-state index contributed by atoms with van der Waals surface area (Å²) in [4.78, 5) is 11.4. The summed E-state index contributed by atoms with van der Waals surface area (Å²) in [6, 6.07) is 23.1. The first-order valence-electron chi connectivity index (χ1n) is 13.6. The first-order valence-corrected chi connectivity index (χ1v) is 13.6. The number of rotatable bonds is 10. The van der Waals surface area contributed by atoms with Crippen molar-refractivity contribution in [3.8, 4) is 22.6 Å². The largest absolute Gasteiger partial charge is 0.497 e. The molecule has 1 N–H and O–H groups in total. The number of hydrogen-bond donors (Lipinski definition) is 1. The molecule has 2 fully saturated rings. The highest BCUT2D eigenvalue weighted by Crippen LogP contribution is 2.51. The van der Waals surface area contributed by atoms with E-state index in [9.17, 15) is 9.90 Å². The third kappa shape index (κ3) is 5.84. The fourth-order valence-corrected chi connectivity index (χ4v) is 6.19. The standard InChI is InChI=1S/C33H38O4/c1-33(2)16-6-11-31(33)30-17-22(12-15-28(30)24-7-4-9-26(18-24)36-3)21-37-27-10-5-8-25(19-27)29(20-32(34)35)23-13-14-23/h4-5,7-10,12,15,17-19,23,29,31H,6,11,13-14,16,20-21H2,1-3H3,(H,34,35). The Hall–Kier alpha value is -3.27. The average Bonchev–Trinajstić information content (AvgIpc) is 3.68. The lowest BCUT2D eigenvalue weighted by molar-refractivity contribution is -0.137. The average molecular weight is 499 g/mol. The number of carboxylic acid groups (broad SMARTS) is 1. The molecule has 4 nitrogen and oxygen atoms in total. The van der Waals surface area contributed by atoms with Gasteiger partial charge in [-0.25, -0.2) is 0 Å². The highest BCUT2D eigenvalue weighted by molar-refractivity contribution is 5.70.